The minimum absolute atomic E-state index is 0.0409. The molecule has 1 aromatic carbocycles. The van der Waals surface area contributed by atoms with Gasteiger partial charge in [-0.3, -0.25) is 9.59 Å². The summed E-state index contributed by atoms with van der Waals surface area (Å²) < 4.78 is 0. The molecule has 0 spiro atoms. The summed E-state index contributed by atoms with van der Waals surface area (Å²) in [6.45, 7) is 7.43. The molecule has 0 saturated carbocycles. The Balaban J connectivity index is 1.40. The molecule has 0 radical (unpaired) electrons. The van der Waals surface area contributed by atoms with E-state index in [1.54, 1.807) is 11.1 Å². The van der Waals surface area contributed by atoms with Gasteiger partial charge in [-0.15, -0.1) is 0 Å². The van der Waals surface area contributed by atoms with Gasteiger partial charge in [-0.05, 0) is 43.2 Å². The smallest absolute Gasteiger partial charge is 0.228 e. The van der Waals surface area contributed by atoms with Gasteiger partial charge in [0.2, 0.25) is 11.8 Å². The molecule has 2 amide bonds. The van der Waals surface area contributed by atoms with Gasteiger partial charge in [-0.1, -0.05) is 18.2 Å². The maximum atomic E-state index is 13.0. The van der Waals surface area contributed by atoms with Crippen molar-refractivity contribution in [1.29, 1.82) is 0 Å². The standard InChI is InChI=1S/C22H26N4O2/c1-16-6-5-7-19(17(16)2)26-15-18(14-21(26)27)22(28)25-12-10-24(11-13-25)20-8-3-4-9-23-20/h3-9,18H,10-15H2,1-2H3. The van der Waals surface area contributed by atoms with E-state index in [-0.39, 0.29) is 17.7 Å². The Morgan fingerprint density at radius 1 is 1.04 bits per heavy atom. The van der Waals surface area contributed by atoms with Crippen molar-refractivity contribution < 1.29 is 9.59 Å². The van der Waals surface area contributed by atoms with Crippen LogP contribution in [0.25, 0.3) is 0 Å². The van der Waals surface area contributed by atoms with Crippen LogP contribution in [0.1, 0.15) is 17.5 Å². The molecule has 1 aromatic heterocycles. The Labute approximate surface area is 165 Å². The van der Waals surface area contributed by atoms with Crippen molar-refractivity contribution >= 4 is 23.3 Å². The van der Waals surface area contributed by atoms with Crippen LogP contribution in [0.2, 0.25) is 0 Å². The number of anilines is 2. The molecule has 2 saturated heterocycles. The lowest BCUT2D eigenvalue weighted by molar-refractivity contribution is -0.136. The summed E-state index contributed by atoms with van der Waals surface area (Å²) >= 11 is 0. The van der Waals surface area contributed by atoms with Crippen molar-refractivity contribution in [3.05, 3.63) is 53.7 Å². The first-order chi connectivity index (χ1) is 13.5. The Kier molecular flexibility index (Phi) is 5.03. The summed E-state index contributed by atoms with van der Waals surface area (Å²) in [6, 6.07) is 11.9. The first-order valence-electron chi connectivity index (χ1n) is 9.86. The number of hydrogen-bond acceptors (Lipinski definition) is 4. The lowest BCUT2D eigenvalue weighted by Gasteiger charge is -2.36. The third kappa shape index (κ3) is 3.46. The van der Waals surface area contributed by atoms with Crippen molar-refractivity contribution in [2.24, 2.45) is 5.92 Å². The minimum atomic E-state index is -0.256. The van der Waals surface area contributed by atoms with E-state index in [2.05, 4.69) is 9.88 Å². The van der Waals surface area contributed by atoms with E-state index in [0.29, 0.717) is 26.1 Å². The van der Waals surface area contributed by atoms with Crippen LogP contribution in [0.5, 0.6) is 0 Å². The molecule has 1 atom stereocenters. The minimum Gasteiger partial charge on any atom is -0.353 e. The van der Waals surface area contributed by atoms with Crippen LogP contribution in [0.3, 0.4) is 0 Å². The van der Waals surface area contributed by atoms with Crippen molar-refractivity contribution in [2.75, 3.05) is 42.5 Å². The fourth-order valence-corrected chi connectivity index (χ4v) is 4.09. The molecule has 146 valence electrons. The number of nitrogens with zero attached hydrogens (tertiary/aromatic N) is 4. The Morgan fingerprint density at radius 2 is 1.82 bits per heavy atom. The second kappa shape index (κ2) is 7.62. The summed E-state index contributed by atoms with van der Waals surface area (Å²) in [4.78, 5) is 35.9. The Hall–Kier alpha value is -2.89. The van der Waals surface area contributed by atoms with Gasteiger partial charge in [0.25, 0.3) is 0 Å². The zero-order valence-corrected chi connectivity index (χ0v) is 16.5. The molecule has 2 aromatic rings. The SMILES string of the molecule is Cc1cccc(N2CC(C(=O)N3CCN(c4ccccn4)CC3)CC2=O)c1C. The number of hydrogen-bond donors (Lipinski definition) is 0. The van der Waals surface area contributed by atoms with Crippen molar-refractivity contribution in [3.8, 4) is 0 Å². The van der Waals surface area contributed by atoms with Crippen LogP contribution in [0, 0.1) is 19.8 Å². The van der Waals surface area contributed by atoms with Crippen molar-refractivity contribution in [3.63, 3.8) is 0 Å². The quantitative estimate of drug-likeness (QED) is 0.823. The Morgan fingerprint density at radius 3 is 2.54 bits per heavy atom. The topological polar surface area (TPSA) is 56.8 Å². The fourth-order valence-electron chi connectivity index (χ4n) is 4.09. The highest BCUT2D eigenvalue weighted by molar-refractivity contribution is 6.01. The van der Waals surface area contributed by atoms with Gasteiger partial charge in [0.15, 0.2) is 0 Å². The number of carbonyl (C=O) groups excluding carboxylic acids is 2. The van der Waals surface area contributed by atoms with E-state index in [0.717, 1.165) is 35.7 Å². The predicted molar refractivity (Wildman–Crippen MR) is 109 cm³/mol. The number of aryl methyl sites for hydroxylation is 1. The zero-order valence-electron chi connectivity index (χ0n) is 16.5. The number of carbonyl (C=O) groups is 2. The normalized spacial score (nSPS) is 20.0. The summed E-state index contributed by atoms with van der Waals surface area (Å²) in [5.41, 5.74) is 3.19. The van der Waals surface area contributed by atoms with Gasteiger partial charge in [0, 0.05) is 51.0 Å². The molecule has 6 nitrogen and oxygen atoms in total. The summed E-state index contributed by atoms with van der Waals surface area (Å²) in [6.07, 6.45) is 2.09. The number of rotatable bonds is 3. The predicted octanol–water partition coefficient (Wildman–Crippen LogP) is 2.40. The van der Waals surface area contributed by atoms with Crippen LogP contribution in [-0.2, 0) is 9.59 Å². The number of amides is 2. The van der Waals surface area contributed by atoms with Crippen molar-refractivity contribution in [2.45, 2.75) is 20.3 Å². The van der Waals surface area contributed by atoms with Gasteiger partial charge in [-0.2, -0.15) is 0 Å². The molecule has 2 fully saturated rings. The average Bonchev–Trinajstić information content (AvgIpc) is 3.12. The van der Waals surface area contributed by atoms with E-state index in [1.807, 2.05) is 55.1 Å². The molecule has 4 rings (SSSR count). The monoisotopic (exact) mass is 378 g/mol. The first-order valence-corrected chi connectivity index (χ1v) is 9.86. The zero-order chi connectivity index (χ0) is 19.7. The molecular formula is C22H26N4O2. The van der Waals surface area contributed by atoms with Crippen LogP contribution < -0.4 is 9.80 Å². The number of benzene rings is 1. The third-order valence-electron chi connectivity index (χ3n) is 5.91. The molecule has 3 heterocycles. The molecule has 28 heavy (non-hydrogen) atoms. The molecule has 0 aliphatic carbocycles. The highest BCUT2D eigenvalue weighted by Crippen LogP contribution is 2.30. The molecule has 2 aliphatic rings. The summed E-state index contributed by atoms with van der Waals surface area (Å²) in [7, 11) is 0. The lowest BCUT2D eigenvalue weighted by atomic mass is 10.1. The average molecular weight is 378 g/mol. The summed E-state index contributed by atoms with van der Waals surface area (Å²) in [5, 5.41) is 0. The van der Waals surface area contributed by atoms with Crippen molar-refractivity contribution in [1.82, 2.24) is 9.88 Å². The van der Waals surface area contributed by atoms with Crippen LogP contribution in [0.15, 0.2) is 42.6 Å². The fraction of sp³-hybridized carbons (Fsp3) is 0.409. The maximum absolute atomic E-state index is 13.0. The molecule has 0 bridgehead atoms. The molecule has 6 heteroatoms. The van der Waals surface area contributed by atoms with E-state index in [4.69, 9.17) is 0 Å². The van der Waals surface area contributed by atoms with Gasteiger partial charge in [0.1, 0.15) is 5.82 Å². The van der Waals surface area contributed by atoms with E-state index in [1.165, 1.54) is 0 Å². The van der Waals surface area contributed by atoms with Gasteiger partial charge in [-0.25, -0.2) is 4.98 Å². The molecule has 1 unspecified atom stereocenters. The molecule has 2 aliphatic heterocycles. The van der Waals surface area contributed by atoms with E-state index in [9.17, 15) is 9.59 Å². The largest absolute Gasteiger partial charge is 0.353 e. The number of aromatic nitrogens is 1. The van der Waals surface area contributed by atoms with Crippen LogP contribution in [-0.4, -0.2) is 54.4 Å². The molecular weight excluding hydrogens is 352 g/mol. The van der Waals surface area contributed by atoms with Gasteiger partial charge < -0.3 is 14.7 Å². The highest BCUT2D eigenvalue weighted by Gasteiger charge is 2.38. The Bertz CT molecular complexity index is 875. The second-order valence-electron chi connectivity index (χ2n) is 7.62. The van der Waals surface area contributed by atoms with Crippen LogP contribution in [0.4, 0.5) is 11.5 Å². The van der Waals surface area contributed by atoms with E-state index < -0.39 is 0 Å². The highest BCUT2D eigenvalue weighted by atomic mass is 16.2. The second-order valence-corrected chi connectivity index (χ2v) is 7.62. The first kappa shape index (κ1) is 18.5. The third-order valence-corrected chi connectivity index (χ3v) is 5.91. The van der Waals surface area contributed by atoms with E-state index >= 15 is 0 Å². The van der Waals surface area contributed by atoms with Gasteiger partial charge in [0.05, 0.1) is 5.92 Å². The number of piperazine rings is 1. The lowest BCUT2D eigenvalue weighted by Crippen LogP contribution is -2.51. The van der Waals surface area contributed by atoms with Gasteiger partial charge >= 0.3 is 0 Å². The van der Waals surface area contributed by atoms with Crippen LogP contribution >= 0.6 is 0 Å². The number of pyridine rings is 1. The molecule has 0 N–H and O–H groups in total. The maximum Gasteiger partial charge on any atom is 0.228 e. The summed E-state index contributed by atoms with van der Waals surface area (Å²) in [5.74, 6) is 0.835.